The van der Waals surface area contributed by atoms with Gasteiger partial charge in [0.25, 0.3) is 0 Å². The maximum atomic E-state index is 11.3. The molecule has 7 nitrogen and oxygen atoms in total. The first-order valence-electron chi connectivity index (χ1n) is 15.9. The van der Waals surface area contributed by atoms with E-state index >= 15 is 0 Å². The SMILES string of the molecule is C=C(C(O)CC)C(C)C(O)C(O)CCC/C(C)=C/C1OC(C2OC(CC/C=C/CCC(C)C(C)=O)CC2O)CC1C. The molecule has 41 heavy (non-hydrogen) atoms. The van der Waals surface area contributed by atoms with Gasteiger partial charge >= 0.3 is 0 Å². The van der Waals surface area contributed by atoms with Gasteiger partial charge in [0, 0.05) is 18.3 Å². The van der Waals surface area contributed by atoms with Gasteiger partial charge in [-0.1, -0.05) is 58.1 Å². The Morgan fingerprint density at radius 3 is 2.39 bits per heavy atom. The molecule has 2 heterocycles. The second-order valence-electron chi connectivity index (χ2n) is 12.8. The summed E-state index contributed by atoms with van der Waals surface area (Å²) in [6.07, 6.45) is 10.5. The van der Waals surface area contributed by atoms with Crippen LogP contribution in [0, 0.1) is 17.8 Å². The van der Waals surface area contributed by atoms with Gasteiger partial charge in [0.1, 0.15) is 11.9 Å². The number of rotatable bonds is 18. The third-order valence-electron chi connectivity index (χ3n) is 9.20. The van der Waals surface area contributed by atoms with Crippen LogP contribution in [0.15, 0.2) is 36.0 Å². The van der Waals surface area contributed by atoms with Crippen molar-refractivity contribution in [3.63, 3.8) is 0 Å². The predicted octanol–water partition coefficient (Wildman–Crippen LogP) is 5.44. The van der Waals surface area contributed by atoms with E-state index in [0.29, 0.717) is 30.8 Å². The smallest absolute Gasteiger partial charge is 0.132 e. The molecule has 0 amide bonds. The molecule has 0 saturated carbocycles. The molecule has 236 valence electrons. The Bertz CT molecular complexity index is 867. The average Bonchev–Trinajstić information content (AvgIpc) is 3.49. The highest BCUT2D eigenvalue weighted by molar-refractivity contribution is 5.77. The Morgan fingerprint density at radius 2 is 1.73 bits per heavy atom. The van der Waals surface area contributed by atoms with Gasteiger partial charge in [0.2, 0.25) is 0 Å². The fraction of sp³-hybridized carbons (Fsp3) is 0.794. The van der Waals surface area contributed by atoms with Crippen LogP contribution in [0.4, 0.5) is 0 Å². The lowest BCUT2D eigenvalue weighted by molar-refractivity contribution is -0.120. The second-order valence-corrected chi connectivity index (χ2v) is 12.8. The normalized spacial score (nSPS) is 30.8. The maximum Gasteiger partial charge on any atom is 0.132 e. The molecule has 0 aliphatic carbocycles. The number of carbonyl (C=O) groups excluding carboxylic acids is 1. The molecular formula is C34H58O7. The number of ketones is 1. The molecule has 0 aromatic rings. The number of aliphatic hydroxyl groups excluding tert-OH is 4. The lowest BCUT2D eigenvalue weighted by Crippen LogP contribution is -2.35. The first kappa shape index (κ1) is 35.8. The Hall–Kier alpha value is -1.35. The fourth-order valence-corrected chi connectivity index (χ4v) is 5.91. The monoisotopic (exact) mass is 578 g/mol. The summed E-state index contributed by atoms with van der Waals surface area (Å²) in [6.45, 7) is 15.4. The van der Waals surface area contributed by atoms with Crippen LogP contribution in [0.5, 0.6) is 0 Å². The number of ether oxygens (including phenoxy) is 2. The standard InChI is InChI=1S/C34H58O7/c1-8-28(36)24(5)25(6)33(39)29(37)17-13-14-21(2)18-31-23(4)19-32(41-31)34-30(38)20-27(40-34)16-12-10-9-11-15-22(3)26(7)35/h9-10,18,22-23,25,27-34,36-39H,5,8,11-17,19-20H2,1-4,6-7H3/b10-9+,21-18+. The summed E-state index contributed by atoms with van der Waals surface area (Å²) in [5, 5.41) is 41.7. The highest BCUT2D eigenvalue weighted by Crippen LogP contribution is 2.36. The first-order valence-corrected chi connectivity index (χ1v) is 15.9. The summed E-state index contributed by atoms with van der Waals surface area (Å²) in [7, 11) is 0. The van der Waals surface area contributed by atoms with Crippen LogP contribution in [0.2, 0.25) is 0 Å². The average molecular weight is 579 g/mol. The molecule has 2 aliphatic heterocycles. The van der Waals surface area contributed by atoms with Gasteiger partial charge in [-0.05, 0) is 83.1 Å². The molecule has 11 atom stereocenters. The highest BCUT2D eigenvalue weighted by atomic mass is 16.6. The topological polar surface area (TPSA) is 116 Å². The van der Waals surface area contributed by atoms with E-state index in [1.807, 2.05) is 13.8 Å². The van der Waals surface area contributed by atoms with Crippen LogP contribution in [-0.4, -0.2) is 75.0 Å². The molecule has 7 heteroatoms. The summed E-state index contributed by atoms with van der Waals surface area (Å²) >= 11 is 0. The summed E-state index contributed by atoms with van der Waals surface area (Å²) < 4.78 is 12.6. The molecule has 2 aliphatic rings. The molecule has 11 unspecified atom stereocenters. The van der Waals surface area contributed by atoms with Crippen molar-refractivity contribution in [2.45, 2.75) is 155 Å². The van der Waals surface area contributed by atoms with E-state index in [4.69, 9.17) is 9.47 Å². The third kappa shape index (κ3) is 11.3. The molecule has 0 bridgehead atoms. The Balaban J connectivity index is 1.75. The lowest BCUT2D eigenvalue weighted by atomic mass is 9.87. The molecule has 2 fully saturated rings. The van der Waals surface area contributed by atoms with Crippen molar-refractivity contribution >= 4 is 5.78 Å². The number of aliphatic hydroxyl groups is 4. The van der Waals surface area contributed by atoms with Crippen LogP contribution in [0.1, 0.15) is 106 Å². The minimum absolute atomic E-state index is 0.0259. The fourth-order valence-electron chi connectivity index (χ4n) is 5.91. The summed E-state index contributed by atoms with van der Waals surface area (Å²) in [6, 6.07) is 0. The zero-order valence-electron chi connectivity index (χ0n) is 26.4. The predicted molar refractivity (Wildman–Crippen MR) is 163 cm³/mol. The van der Waals surface area contributed by atoms with Crippen molar-refractivity contribution in [1.82, 2.24) is 0 Å². The first-order chi connectivity index (χ1) is 19.3. The lowest BCUT2D eigenvalue weighted by Gasteiger charge is -2.27. The number of hydrogen-bond donors (Lipinski definition) is 4. The van der Waals surface area contributed by atoms with Crippen LogP contribution in [-0.2, 0) is 14.3 Å². The molecule has 2 rings (SSSR count). The van der Waals surface area contributed by atoms with E-state index in [0.717, 1.165) is 44.9 Å². The van der Waals surface area contributed by atoms with Gasteiger partial charge in [-0.2, -0.15) is 0 Å². The Kier molecular flexibility index (Phi) is 15.5. The van der Waals surface area contributed by atoms with E-state index in [2.05, 4.69) is 38.7 Å². The summed E-state index contributed by atoms with van der Waals surface area (Å²) in [4.78, 5) is 11.3. The summed E-state index contributed by atoms with van der Waals surface area (Å²) in [5.74, 6) is 0.286. The molecule has 0 aromatic heterocycles. The van der Waals surface area contributed by atoms with Gasteiger partial charge in [0.15, 0.2) is 0 Å². The van der Waals surface area contributed by atoms with Crippen LogP contribution >= 0.6 is 0 Å². The second kappa shape index (κ2) is 17.7. The zero-order chi connectivity index (χ0) is 30.7. The molecule has 0 aromatic carbocycles. The third-order valence-corrected chi connectivity index (χ3v) is 9.20. The van der Waals surface area contributed by atoms with E-state index in [1.165, 1.54) is 5.57 Å². The van der Waals surface area contributed by atoms with Gasteiger partial charge in [-0.3, -0.25) is 4.79 Å². The molecule has 0 radical (unpaired) electrons. The van der Waals surface area contributed by atoms with Crippen LogP contribution in [0.3, 0.4) is 0 Å². The van der Waals surface area contributed by atoms with Gasteiger partial charge in [-0.25, -0.2) is 0 Å². The van der Waals surface area contributed by atoms with E-state index in [1.54, 1.807) is 13.8 Å². The van der Waals surface area contributed by atoms with Crippen molar-refractivity contribution in [3.05, 3.63) is 36.0 Å². The van der Waals surface area contributed by atoms with E-state index < -0.39 is 24.4 Å². The zero-order valence-corrected chi connectivity index (χ0v) is 26.4. The van der Waals surface area contributed by atoms with Gasteiger partial charge in [-0.15, -0.1) is 0 Å². The number of allylic oxidation sites excluding steroid dienone is 3. The minimum Gasteiger partial charge on any atom is -0.390 e. The molecule has 0 spiro atoms. The highest BCUT2D eigenvalue weighted by Gasteiger charge is 2.44. The summed E-state index contributed by atoms with van der Waals surface area (Å²) in [5.41, 5.74) is 1.74. The molecule has 2 saturated heterocycles. The largest absolute Gasteiger partial charge is 0.390 e. The quantitative estimate of drug-likeness (QED) is 0.160. The van der Waals surface area contributed by atoms with Crippen molar-refractivity contribution in [2.24, 2.45) is 17.8 Å². The Labute approximate surface area is 248 Å². The van der Waals surface area contributed by atoms with Crippen molar-refractivity contribution in [3.8, 4) is 0 Å². The van der Waals surface area contributed by atoms with Gasteiger partial charge in [0.05, 0.1) is 42.7 Å². The molecule has 4 N–H and O–H groups in total. The van der Waals surface area contributed by atoms with E-state index in [-0.39, 0.29) is 42.0 Å². The maximum absolute atomic E-state index is 11.3. The number of Topliss-reactive ketones (excluding diaryl/α,β-unsaturated/α-hetero) is 1. The van der Waals surface area contributed by atoms with Crippen LogP contribution < -0.4 is 0 Å². The van der Waals surface area contributed by atoms with Crippen molar-refractivity contribution < 1.29 is 34.7 Å². The van der Waals surface area contributed by atoms with Crippen molar-refractivity contribution in [2.75, 3.05) is 0 Å². The minimum atomic E-state index is -0.953. The van der Waals surface area contributed by atoms with Crippen molar-refractivity contribution in [1.29, 1.82) is 0 Å². The van der Waals surface area contributed by atoms with E-state index in [9.17, 15) is 25.2 Å². The van der Waals surface area contributed by atoms with Crippen LogP contribution in [0.25, 0.3) is 0 Å². The van der Waals surface area contributed by atoms with Gasteiger partial charge < -0.3 is 29.9 Å². The molecular weight excluding hydrogens is 520 g/mol. The Morgan fingerprint density at radius 1 is 1.05 bits per heavy atom. The number of hydrogen-bond acceptors (Lipinski definition) is 7. The number of carbonyl (C=O) groups is 1.